The highest BCUT2D eigenvalue weighted by atomic mass is 35.5. The van der Waals surface area contributed by atoms with Gasteiger partial charge in [-0.05, 0) is 44.0 Å². The molecule has 0 aliphatic carbocycles. The number of aromatic nitrogens is 1. The summed E-state index contributed by atoms with van der Waals surface area (Å²) in [5, 5.41) is 4.84. The van der Waals surface area contributed by atoms with Crippen LogP contribution in [0.4, 0.5) is 5.69 Å². The minimum absolute atomic E-state index is 0.145. The van der Waals surface area contributed by atoms with E-state index in [2.05, 4.69) is 10.3 Å². The molecule has 1 aromatic heterocycles. The van der Waals surface area contributed by atoms with Gasteiger partial charge in [0.1, 0.15) is 6.04 Å². The molecule has 4 nitrogen and oxygen atoms in total. The van der Waals surface area contributed by atoms with E-state index in [1.165, 1.54) is 0 Å². The minimum Gasteiger partial charge on any atom is -0.372 e. The van der Waals surface area contributed by atoms with Gasteiger partial charge in [0.25, 0.3) is 0 Å². The Hall–Kier alpha value is -1.81. The highest BCUT2D eigenvalue weighted by Crippen LogP contribution is 2.28. The first-order valence-corrected chi connectivity index (χ1v) is 7.63. The number of rotatable bonds is 3. The Morgan fingerprint density at radius 3 is 2.86 bits per heavy atom. The van der Waals surface area contributed by atoms with Crippen LogP contribution in [0.15, 0.2) is 30.5 Å². The number of fused-ring (bicyclic) bond motifs is 1. The summed E-state index contributed by atoms with van der Waals surface area (Å²) in [5.41, 5.74) is 1.64. The number of benzene rings is 1. The first-order chi connectivity index (χ1) is 10.2. The number of pyridine rings is 1. The van der Waals surface area contributed by atoms with Crippen LogP contribution >= 0.6 is 11.6 Å². The van der Waals surface area contributed by atoms with Crippen molar-refractivity contribution in [2.75, 3.05) is 18.4 Å². The van der Waals surface area contributed by atoms with Crippen LogP contribution < -0.4 is 5.32 Å². The van der Waals surface area contributed by atoms with E-state index in [0.29, 0.717) is 5.02 Å². The van der Waals surface area contributed by atoms with Gasteiger partial charge >= 0.3 is 0 Å². The van der Waals surface area contributed by atoms with E-state index >= 15 is 0 Å². The molecule has 1 aliphatic rings. The van der Waals surface area contributed by atoms with Crippen molar-refractivity contribution in [1.29, 1.82) is 0 Å². The SMILES string of the molecule is CC(Nc1ccc(Cl)c2cccnc12)C(=O)N1CCCC1. The Morgan fingerprint density at radius 2 is 2.10 bits per heavy atom. The van der Waals surface area contributed by atoms with Gasteiger partial charge in [-0.25, -0.2) is 0 Å². The summed E-state index contributed by atoms with van der Waals surface area (Å²) >= 11 is 6.19. The lowest BCUT2D eigenvalue weighted by atomic mass is 10.1. The molecule has 21 heavy (non-hydrogen) atoms. The first-order valence-electron chi connectivity index (χ1n) is 7.25. The van der Waals surface area contributed by atoms with Gasteiger partial charge in [-0.15, -0.1) is 0 Å². The average molecular weight is 304 g/mol. The smallest absolute Gasteiger partial charge is 0.244 e. The summed E-state index contributed by atoms with van der Waals surface area (Å²) in [6.45, 7) is 3.62. The molecule has 1 aromatic carbocycles. The van der Waals surface area contributed by atoms with Crippen molar-refractivity contribution in [3.63, 3.8) is 0 Å². The molecule has 3 rings (SSSR count). The molecule has 1 atom stereocenters. The predicted molar refractivity (Wildman–Crippen MR) is 85.7 cm³/mol. The number of halogens is 1. The third-order valence-electron chi connectivity index (χ3n) is 3.88. The van der Waals surface area contributed by atoms with Crippen LogP contribution in [0, 0.1) is 0 Å². The largest absolute Gasteiger partial charge is 0.372 e. The third-order valence-corrected chi connectivity index (χ3v) is 4.21. The van der Waals surface area contributed by atoms with Crippen LogP contribution in [0.1, 0.15) is 19.8 Å². The Kier molecular flexibility index (Phi) is 3.97. The summed E-state index contributed by atoms with van der Waals surface area (Å²) in [4.78, 5) is 18.7. The van der Waals surface area contributed by atoms with Crippen molar-refractivity contribution in [1.82, 2.24) is 9.88 Å². The van der Waals surface area contributed by atoms with E-state index in [-0.39, 0.29) is 11.9 Å². The standard InChI is InChI=1S/C16H18ClN3O/c1-11(16(21)20-9-2-3-10-20)19-14-7-6-13(17)12-5-4-8-18-15(12)14/h4-8,11,19H,2-3,9-10H2,1H3. The maximum atomic E-state index is 12.4. The maximum Gasteiger partial charge on any atom is 0.244 e. The van der Waals surface area contributed by atoms with Crippen molar-refractivity contribution in [3.8, 4) is 0 Å². The van der Waals surface area contributed by atoms with Gasteiger partial charge < -0.3 is 10.2 Å². The van der Waals surface area contributed by atoms with Crippen molar-refractivity contribution in [2.45, 2.75) is 25.8 Å². The van der Waals surface area contributed by atoms with Crippen molar-refractivity contribution < 1.29 is 4.79 Å². The zero-order valence-electron chi connectivity index (χ0n) is 12.0. The van der Waals surface area contributed by atoms with Crippen LogP contribution in [0.2, 0.25) is 5.02 Å². The summed E-state index contributed by atoms with van der Waals surface area (Å²) in [6, 6.07) is 7.24. The van der Waals surface area contributed by atoms with Crippen LogP contribution in [-0.2, 0) is 4.79 Å². The molecule has 2 heterocycles. The van der Waals surface area contributed by atoms with Gasteiger partial charge in [0.2, 0.25) is 5.91 Å². The summed E-state index contributed by atoms with van der Waals surface area (Å²) < 4.78 is 0. The Labute approximate surface area is 129 Å². The Morgan fingerprint density at radius 1 is 1.33 bits per heavy atom. The van der Waals surface area contributed by atoms with Gasteiger partial charge in [0.05, 0.1) is 16.2 Å². The molecule has 0 bridgehead atoms. The van der Waals surface area contributed by atoms with E-state index in [1.807, 2.05) is 36.1 Å². The number of nitrogens with zero attached hydrogens (tertiary/aromatic N) is 2. The predicted octanol–water partition coefficient (Wildman–Crippen LogP) is 3.31. The number of carbonyl (C=O) groups excluding carboxylic acids is 1. The molecule has 110 valence electrons. The van der Waals surface area contributed by atoms with E-state index in [0.717, 1.165) is 42.5 Å². The molecule has 1 aliphatic heterocycles. The third kappa shape index (κ3) is 2.81. The summed E-state index contributed by atoms with van der Waals surface area (Å²) in [6.07, 6.45) is 3.94. The van der Waals surface area contributed by atoms with Crippen molar-refractivity contribution in [3.05, 3.63) is 35.5 Å². The lowest BCUT2D eigenvalue weighted by Gasteiger charge is -2.22. The minimum atomic E-state index is -0.269. The number of amides is 1. The number of anilines is 1. The fraction of sp³-hybridized carbons (Fsp3) is 0.375. The van der Waals surface area contributed by atoms with Gasteiger partial charge in [0, 0.05) is 24.7 Å². The number of carbonyl (C=O) groups is 1. The summed E-state index contributed by atoms with van der Waals surface area (Å²) in [7, 11) is 0. The topological polar surface area (TPSA) is 45.2 Å². The van der Waals surface area contributed by atoms with E-state index in [1.54, 1.807) is 6.20 Å². The van der Waals surface area contributed by atoms with E-state index < -0.39 is 0 Å². The molecular weight excluding hydrogens is 286 g/mol. The molecule has 0 radical (unpaired) electrons. The number of nitrogens with one attached hydrogen (secondary N) is 1. The lowest BCUT2D eigenvalue weighted by Crippen LogP contribution is -2.39. The average Bonchev–Trinajstić information content (AvgIpc) is 3.04. The van der Waals surface area contributed by atoms with Crippen molar-refractivity contribution >= 4 is 34.1 Å². The number of hydrogen-bond acceptors (Lipinski definition) is 3. The van der Waals surface area contributed by atoms with Crippen LogP contribution in [0.5, 0.6) is 0 Å². The highest BCUT2D eigenvalue weighted by molar-refractivity contribution is 6.35. The van der Waals surface area contributed by atoms with Crippen molar-refractivity contribution in [2.24, 2.45) is 0 Å². The molecule has 1 N–H and O–H groups in total. The molecule has 1 saturated heterocycles. The molecular formula is C16H18ClN3O. The second-order valence-corrected chi connectivity index (χ2v) is 5.80. The van der Waals surface area contributed by atoms with Crippen LogP contribution in [-0.4, -0.2) is 34.9 Å². The molecule has 2 aromatic rings. The maximum absolute atomic E-state index is 12.4. The first kappa shape index (κ1) is 14.1. The van der Waals surface area contributed by atoms with Gasteiger partial charge in [-0.2, -0.15) is 0 Å². The molecule has 5 heteroatoms. The zero-order chi connectivity index (χ0) is 14.8. The van der Waals surface area contributed by atoms with Gasteiger partial charge in [-0.3, -0.25) is 9.78 Å². The van der Waals surface area contributed by atoms with Crippen LogP contribution in [0.3, 0.4) is 0 Å². The zero-order valence-corrected chi connectivity index (χ0v) is 12.7. The molecule has 1 unspecified atom stereocenters. The molecule has 1 fully saturated rings. The van der Waals surface area contributed by atoms with Gasteiger partial charge in [-0.1, -0.05) is 11.6 Å². The number of hydrogen-bond donors (Lipinski definition) is 1. The fourth-order valence-corrected chi connectivity index (χ4v) is 2.98. The molecule has 1 amide bonds. The fourth-order valence-electron chi connectivity index (χ4n) is 2.76. The highest BCUT2D eigenvalue weighted by Gasteiger charge is 2.23. The van der Waals surface area contributed by atoms with E-state index in [4.69, 9.17) is 11.6 Å². The Balaban J connectivity index is 1.84. The van der Waals surface area contributed by atoms with E-state index in [9.17, 15) is 4.79 Å². The number of likely N-dealkylation sites (tertiary alicyclic amines) is 1. The quantitative estimate of drug-likeness (QED) is 0.946. The molecule has 0 saturated carbocycles. The normalized spacial score (nSPS) is 16.2. The Bertz CT molecular complexity index is 668. The lowest BCUT2D eigenvalue weighted by molar-refractivity contribution is -0.130. The van der Waals surface area contributed by atoms with Gasteiger partial charge in [0.15, 0.2) is 0 Å². The molecule has 0 spiro atoms. The second kappa shape index (κ2) is 5.90. The second-order valence-electron chi connectivity index (χ2n) is 5.39. The summed E-state index contributed by atoms with van der Waals surface area (Å²) in [5.74, 6) is 0.145. The van der Waals surface area contributed by atoms with Crippen LogP contribution in [0.25, 0.3) is 10.9 Å². The monoisotopic (exact) mass is 303 g/mol.